The number of rotatable bonds is 10. The predicted octanol–water partition coefficient (Wildman–Crippen LogP) is 3.81. The van der Waals surface area contributed by atoms with Gasteiger partial charge in [0.05, 0.1) is 18.9 Å². The number of hydrogen-bond acceptors (Lipinski definition) is 6. The Morgan fingerprint density at radius 3 is 2.70 bits per heavy atom. The van der Waals surface area contributed by atoms with Crippen molar-refractivity contribution in [3.05, 3.63) is 94.2 Å². The van der Waals surface area contributed by atoms with Crippen molar-refractivity contribution in [3.63, 3.8) is 0 Å². The van der Waals surface area contributed by atoms with Gasteiger partial charge in [0, 0.05) is 35.0 Å². The number of pyridine rings is 2. The van der Waals surface area contributed by atoms with Gasteiger partial charge >= 0.3 is 0 Å². The molecule has 7 nitrogen and oxygen atoms in total. The van der Waals surface area contributed by atoms with E-state index >= 15 is 0 Å². The maximum Gasteiger partial charge on any atom is 0.257 e. The third-order valence-corrected chi connectivity index (χ3v) is 5.21. The Morgan fingerprint density at radius 2 is 2.00 bits per heavy atom. The first-order valence-electron chi connectivity index (χ1n) is 10.8. The Kier molecular flexibility index (Phi) is 8.05. The molecule has 0 fully saturated rings. The van der Waals surface area contributed by atoms with Crippen LogP contribution in [0.15, 0.2) is 66.4 Å². The summed E-state index contributed by atoms with van der Waals surface area (Å²) >= 11 is 0. The zero-order valence-electron chi connectivity index (χ0n) is 19.4. The molecule has 0 bridgehead atoms. The van der Waals surface area contributed by atoms with Gasteiger partial charge in [0.1, 0.15) is 5.75 Å². The quantitative estimate of drug-likeness (QED) is 0.439. The highest BCUT2D eigenvalue weighted by Gasteiger charge is 2.11. The van der Waals surface area contributed by atoms with Crippen molar-refractivity contribution in [1.82, 2.24) is 14.9 Å². The van der Waals surface area contributed by atoms with Crippen LogP contribution in [0.25, 0.3) is 17.5 Å². The summed E-state index contributed by atoms with van der Waals surface area (Å²) in [6, 6.07) is 11.8. The van der Waals surface area contributed by atoms with Crippen LogP contribution < -0.4 is 21.3 Å². The number of anilines is 1. The van der Waals surface area contributed by atoms with E-state index in [1.165, 1.54) is 5.56 Å². The Labute approximate surface area is 194 Å². The summed E-state index contributed by atoms with van der Waals surface area (Å²) in [5.74, 6) is 0.603. The highest BCUT2D eigenvalue weighted by Crippen LogP contribution is 2.22. The second kappa shape index (κ2) is 11.2. The number of ether oxygens (including phenoxy) is 1. The molecule has 7 heteroatoms. The van der Waals surface area contributed by atoms with Crippen molar-refractivity contribution in [1.29, 1.82) is 0 Å². The average molecular weight is 446 g/mol. The maximum absolute atomic E-state index is 12.7. The fraction of sp³-hybridized carbons (Fsp3) is 0.231. The fourth-order valence-corrected chi connectivity index (χ4v) is 3.46. The summed E-state index contributed by atoms with van der Waals surface area (Å²) in [6.45, 7) is 5.16. The molecule has 2 aromatic heterocycles. The Bertz CT molecular complexity index is 1180. The lowest BCUT2D eigenvalue weighted by atomic mass is 10.0. The molecule has 2 heterocycles. The average Bonchev–Trinajstić information content (AvgIpc) is 2.80. The van der Waals surface area contributed by atoms with Gasteiger partial charge in [0.2, 0.25) is 0 Å². The lowest BCUT2D eigenvalue weighted by Crippen LogP contribution is -2.16. The standard InChI is InChI=1S/C26H31N5O2/c1-18(30-22-9-7-19(8-10-22)6-5-13-31(2)3)25-20(11-12-29-26(25)32)15-24(27)21-14-23(33-4)17-28-16-21/h7-12,14-17,30H,1,5-6,13,27H2,2-4H3,(H,29,32)/b24-15-. The number of hydrogen-bond donors (Lipinski definition) is 3. The lowest BCUT2D eigenvalue weighted by molar-refractivity contribution is 0.400. The van der Waals surface area contributed by atoms with Gasteiger partial charge in [0.15, 0.2) is 0 Å². The van der Waals surface area contributed by atoms with Crippen LogP contribution in [-0.4, -0.2) is 42.6 Å². The molecule has 0 unspecified atom stereocenters. The molecule has 0 radical (unpaired) electrons. The molecule has 3 aromatic rings. The number of H-pyrrole nitrogens is 1. The maximum atomic E-state index is 12.7. The van der Waals surface area contributed by atoms with E-state index in [-0.39, 0.29) is 5.56 Å². The Balaban J connectivity index is 1.79. The highest BCUT2D eigenvalue weighted by atomic mass is 16.5. The van der Waals surface area contributed by atoms with Gasteiger partial charge in [0.25, 0.3) is 5.56 Å². The van der Waals surface area contributed by atoms with Crippen molar-refractivity contribution < 1.29 is 4.74 Å². The summed E-state index contributed by atoms with van der Waals surface area (Å²) in [4.78, 5) is 21.7. The summed E-state index contributed by atoms with van der Waals surface area (Å²) in [6.07, 6.45) is 8.70. The van der Waals surface area contributed by atoms with Crippen LogP contribution >= 0.6 is 0 Å². The third kappa shape index (κ3) is 6.57. The minimum absolute atomic E-state index is 0.252. The number of nitrogens with one attached hydrogen (secondary N) is 2. The van der Waals surface area contributed by atoms with Gasteiger partial charge in [-0.15, -0.1) is 0 Å². The van der Waals surface area contributed by atoms with E-state index in [1.807, 2.05) is 12.1 Å². The molecule has 1 aromatic carbocycles. The summed E-state index contributed by atoms with van der Waals surface area (Å²) in [7, 11) is 5.73. The number of aryl methyl sites for hydroxylation is 1. The van der Waals surface area contributed by atoms with E-state index in [2.05, 4.69) is 53.0 Å². The molecule has 0 saturated carbocycles. The molecule has 4 N–H and O–H groups in total. The molecule has 0 amide bonds. The zero-order valence-corrected chi connectivity index (χ0v) is 19.4. The second-order valence-corrected chi connectivity index (χ2v) is 8.06. The van der Waals surface area contributed by atoms with Crippen LogP contribution in [-0.2, 0) is 6.42 Å². The van der Waals surface area contributed by atoms with Crippen LogP contribution in [0.2, 0.25) is 0 Å². The minimum Gasteiger partial charge on any atom is -0.495 e. The molecular formula is C26H31N5O2. The third-order valence-electron chi connectivity index (χ3n) is 5.21. The Morgan fingerprint density at radius 1 is 1.24 bits per heavy atom. The highest BCUT2D eigenvalue weighted by molar-refractivity contribution is 5.86. The zero-order chi connectivity index (χ0) is 23.8. The molecule has 0 aliphatic heterocycles. The van der Waals surface area contributed by atoms with E-state index < -0.39 is 0 Å². The van der Waals surface area contributed by atoms with E-state index in [9.17, 15) is 4.79 Å². The summed E-state index contributed by atoms with van der Waals surface area (Å²) in [5, 5.41) is 3.25. The molecule has 172 valence electrons. The van der Waals surface area contributed by atoms with Crippen molar-refractivity contribution in [3.8, 4) is 5.75 Å². The minimum atomic E-state index is -0.252. The normalized spacial score (nSPS) is 11.5. The van der Waals surface area contributed by atoms with Gasteiger partial charge in [-0.2, -0.15) is 0 Å². The smallest absolute Gasteiger partial charge is 0.257 e. The van der Waals surface area contributed by atoms with Crippen LogP contribution in [0.3, 0.4) is 0 Å². The van der Waals surface area contributed by atoms with Gasteiger partial charge in [-0.05, 0) is 75.0 Å². The largest absolute Gasteiger partial charge is 0.495 e. The first-order valence-corrected chi connectivity index (χ1v) is 10.8. The number of methoxy groups -OCH3 is 1. The van der Waals surface area contributed by atoms with Gasteiger partial charge in [-0.3, -0.25) is 9.78 Å². The predicted molar refractivity (Wildman–Crippen MR) is 136 cm³/mol. The molecule has 0 saturated heterocycles. The second-order valence-electron chi connectivity index (χ2n) is 8.06. The van der Waals surface area contributed by atoms with E-state index in [0.29, 0.717) is 33.8 Å². The summed E-state index contributed by atoms with van der Waals surface area (Å²) < 4.78 is 5.22. The van der Waals surface area contributed by atoms with Crippen molar-refractivity contribution in [2.45, 2.75) is 12.8 Å². The number of nitrogens with two attached hydrogens (primary N) is 1. The fourth-order valence-electron chi connectivity index (χ4n) is 3.46. The molecular weight excluding hydrogens is 414 g/mol. The molecule has 33 heavy (non-hydrogen) atoms. The molecule has 0 atom stereocenters. The van der Waals surface area contributed by atoms with Crippen LogP contribution in [0.4, 0.5) is 5.69 Å². The molecule has 0 aliphatic rings. The van der Waals surface area contributed by atoms with Gasteiger partial charge < -0.3 is 25.7 Å². The van der Waals surface area contributed by atoms with Crippen molar-refractivity contribution in [2.75, 3.05) is 33.1 Å². The van der Waals surface area contributed by atoms with Gasteiger partial charge in [-0.1, -0.05) is 18.7 Å². The molecule has 0 spiro atoms. The van der Waals surface area contributed by atoms with Crippen LogP contribution in [0.5, 0.6) is 5.75 Å². The monoisotopic (exact) mass is 445 g/mol. The number of aromatic amines is 1. The number of nitrogens with zero attached hydrogens (tertiary/aromatic N) is 2. The summed E-state index contributed by atoms with van der Waals surface area (Å²) in [5.41, 5.74) is 10.9. The molecule has 0 aliphatic carbocycles. The van der Waals surface area contributed by atoms with Gasteiger partial charge in [-0.25, -0.2) is 0 Å². The Hall–Kier alpha value is -3.84. The first kappa shape index (κ1) is 23.8. The number of benzene rings is 1. The topological polar surface area (TPSA) is 96.3 Å². The van der Waals surface area contributed by atoms with Crippen molar-refractivity contribution in [2.24, 2.45) is 5.73 Å². The van der Waals surface area contributed by atoms with E-state index in [4.69, 9.17) is 10.5 Å². The molecule has 3 rings (SSSR count). The van der Waals surface area contributed by atoms with Crippen molar-refractivity contribution >= 4 is 23.2 Å². The van der Waals surface area contributed by atoms with Crippen LogP contribution in [0, 0.1) is 0 Å². The first-order chi connectivity index (χ1) is 15.9. The number of aromatic nitrogens is 2. The van der Waals surface area contributed by atoms with E-state index in [0.717, 1.165) is 25.1 Å². The van der Waals surface area contributed by atoms with Crippen LogP contribution in [0.1, 0.15) is 28.7 Å². The lowest BCUT2D eigenvalue weighted by Gasteiger charge is -2.13. The SMILES string of the molecule is C=C(Nc1ccc(CCCN(C)C)cc1)c1c(/C=C(\N)c2cncc(OC)c2)cc[nH]c1=O. The van der Waals surface area contributed by atoms with E-state index in [1.54, 1.807) is 43.9 Å².